The fourth-order valence-corrected chi connectivity index (χ4v) is 1.97. The number of aryl methyl sites for hydroxylation is 1. The number of aromatic nitrogens is 1. The molecular weight excluding hydrogens is 278 g/mol. The van der Waals surface area contributed by atoms with Gasteiger partial charge in [-0.2, -0.15) is 0 Å². The van der Waals surface area contributed by atoms with Gasteiger partial charge >= 0.3 is 6.29 Å². The number of fused-ring (bicyclic) bond motifs is 1. The summed E-state index contributed by atoms with van der Waals surface area (Å²) in [6, 6.07) is 6.44. The second-order valence-electron chi connectivity index (χ2n) is 4.25. The van der Waals surface area contributed by atoms with E-state index in [0.29, 0.717) is 5.82 Å². The van der Waals surface area contributed by atoms with Crippen molar-refractivity contribution in [1.29, 1.82) is 0 Å². The second kappa shape index (κ2) is 5.55. The van der Waals surface area contributed by atoms with E-state index >= 15 is 0 Å². The molecule has 0 spiro atoms. The topological polar surface area (TPSA) is 57.4 Å². The smallest absolute Gasteiger partial charge is 0.395 e. The molecule has 0 saturated carbocycles. The molecule has 0 amide bonds. The van der Waals surface area contributed by atoms with Crippen molar-refractivity contribution in [3.8, 4) is 22.6 Å². The van der Waals surface area contributed by atoms with Crippen LogP contribution in [0.3, 0.4) is 0 Å². The molecule has 1 aliphatic heterocycles. The monoisotopic (exact) mass is 294 g/mol. The normalized spacial score (nSPS) is 14.3. The van der Waals surface area contributed by atoms with Gasteiger partial charge in [-0.1, -0.05) is 13.8 Å². The number of nitrogens with zero attached hydrogens (tertiary/aromatic N) is 1. The van der Waals surface area contributed by atoms with Crippen molar-refractivity contribution < 1.29 is 18.3 Å². The zero-order chi connectivity index (χ0) is 15.6. The highest BCUT2D eigenvalue weighted by Crippen LogP contribution is 2.44. The van der Waals surface area contributed by atoms with Crippen LogP contribution >= 0.6 is 0 Å². The van der Waals surface area contributed by atoms with Crippen LogP contribution in [0.1, 0.15) is 19.4 Å². The Morgan fingerprint density at radius 1 is 1.10 bits per heavy atom. The highest BCUT2D eigenvalue weighted by atomic mass is 19.3. The lowest BCUT2D eigenvalue weighted by molar-refractivity contribution is -0.286. The Balaban J connectivity index is 0.000000774. The molecule has 0 radical (unpaired) electrons. The third-order valence-corrected chi connectivity index (χ3v) is 2.85. The van der Waals surface area contributed by atoms with Gasteiger partial charge in [-0.15, -0.1) is 8.78 Å². The summed E-state index contributed by atoms with van der Waals surface area (Å²) in [5.74, 6) is 0.450. The summed E-state index contributed by atoms with van der Waals surface area (Å²) in [6.07, 6.45) is -2.02. The fraction of sp³-hybridized carbons (Fsp3) is 0.267. The van der Waals surface area contributed by atoms with E-state index in [9.17, 15) is 8.78 Å². The highest BCUT2D eigenvalue weighted by molar-refractivity contribution is 5.71. The average molecular weight is 294 g/mol. The first-order valence-corrected chi connectivity index (χ1v) is 6.57. The first kappa shape index (κ1) is 15.0. The number of alkyl halides is 2. The molecule has 0 aliphatic carbocycles. The van der Waals surface area contributed by atoms with Gasteiger partial charge in [0.25, 0.3) is 0 Å². The lowest BCUT2D eigenvalue weighted by Crippen LogP contribution is -2.25. The molecule has 0 bridgehead atoms. The van der Waals surface area contributed by atoms with E-state index in [0.717, 1.165) is 16.7 Å². The van der Waals surface area contributed by atoms with Crippen LogP contribution in [0.4, 0.5) is 14.6 Å². The SMILES string of the molecule is CC.Cc1cc2c(cc1-c1ccc(N)nc1)OC(F)(F)O2. The number of nitrogens with two attached hydrogens (primary N) is 1. The molecule has 1 aromatic heterocycles. The fourth-order valence-electron chi connectivity index (χ4n) is 1.97. The van der Waals surface area contributed by atoms with Crippen LogP contribution < -0.4 is 15.2 Å². The predicted octanol–water partition coefficient (Wildman–Crippen LogP) is 3.99. The highest BCUT2D eigenvalue weighted by Gasteiger charge is 2.43. The van der Waals surface area contributed by atoms with Crippen molar-refractivity contribution >= 4 is 5.82 Å². The van der Waals surface area contributed by atoms with Crippen LogP contribution in [-0.4, -0.2) is 11.3 Å². The van der Waals surface area contributed by atoms with Crippen molar-refractivity contribution in [2.45, 2.75) is 27.1 Å². The molecule has 2 aromatic rings. The standard InChI is InChI=1S/C13H10F2N2O2.C2H6/c1-7-4-10-11(19-13(14,15)18-10)5-9(7)8-2-3-12(16)17-6-8;1-2/h2-6H,1H3,(H2,16,17);1-2H3. The van der Waals surface area contributed by atoms with Gasteiger partial charge in [0.05, 0.1) is 0 Å². The summed E-state index contributed by atoms with van der Waals surface area (Å²) in [5.41, 5.74) is 7.81. The Morgan fingerprint density at radius 3 is 2.29 bits per heavy atom. The van der Waals surface area contributed by atoms with E-state index in [4.69, 9.17) is 5.73 Å². The number of hydrogen-bond acceptors (Lipinski definition) is 4. The first-order chi connectivity index (χ1) is 9.94. The lowest BCUT2D eigenvalue weighted by Gasteiger charge is -2.07. The molecule has 1 aliphatic rings. The number of anilines is 1. The zero-order valence-corrected chi connectivity index (χ0v) is 12.0. The van der Waals surface area contributed by atoms with E-state index in [1.165, 1.54) is 12.1 Å². The van der Waals surface area contributed by atoms with Crippen LogP contribution in [0.5, 0.6) is 11.5 Å². The van der Waals surface area contributed by atoms with E-state index < -0.39 is 6.29 Å². The molecule has 2 heterocycles. The van der Waals surface area contributed by atoms with Gasteiger partial charge in [-0.3, -0.25) is 0 Å². The van der Waals surface area contributed by atoms with Crippen molar-refractivity contribution in [2.24, 2.45) is 0 Å². The molecule has 2 N–H and O–H groups in total. The zero-order valence-electron chi connectivity index (χ0n) is 12.0. The van der Waals surface area contributed by atoms with Crippen LogP contribution in [0.2, 0.25) is 0 Å². The molecule has 0 unspecified atom stereocenters. The third-order valence-electron chi connectivity index (χ3n) is 2.85. The minimum absolute atomic E-state index is 0.0161. The molecule has 6 heteroatoms. The van der Waals surface area contributed by atoms with Gasteiger partial charge in [0.15, 0.2) is 11.5 Å². The third kappa shape index (κ3) is 3.04. The molecule has 0 fully saturated rings. The molecule has 4 nitrogen and oxygen atoms in total. The molecule has 1 aromatic carbocycles. The summed E-state index contributed by atoms with van der Waals surface area (Å²) in [5, 5.41) is 0. The minimum Gasteiger partial charge on any atom is -0.395 e. The van der Waals surface area contributed by atoms with Gasteiger partial charge in [0.1, 0.15) is 5.82 Å². The van der Waals surface area contributed by atoms with E-state index in [2.05, 4.69) is 14.5 Å². The summed E-state index contributed by atoms with van der Waals surface area (Å²) in [7, 11) is 0. The minimum atomic E-state index is -3.60. The second-order valence-corrected chi connectivity index (χ2v) is 4.25. The van der Waals surface area contributed by atoms with Crippen LogP contribution in [0.15, 0.2) is 30.5 Å². The van der Waals surface area contributed by atoms with Crippen LogP contribution in [0, 0.1) is 6.92 Å². The first-order valence-electron chi connectivity index (χ1n) is 6.57. The largest absolute Gasteiger partial charge is 0.586 e. The molecule has 0 saturated heterocycles. The maximum atomic E-state index is 13.0. The maximum absolute atomic E-state index is 13.0. The number of nitrogen functional groups attached to an aromatic ring is 1. The number of hydrogen-bond donors (Lipinski definition) is 1. The Labute approximate surface area is 121 Å². The molecular formula is C15H16F2N2O2. The quantitative estimate of drug-likeness (QED) is 0.864. The predicted molar refractivity (Wildman–Crippen MR) is 76.4 cm³/mol. The van der Waals surface area contributed by atoms with E-state index in [1.807, 2.05) is 13.8 Å². The van der Waals surface area contributed by atoms with Gasteiger partial charge in [-0.05, 0) is 42.3 Å². The Kier molecular flexibility index (Phi) is 3.97. The summed E-state index contributed by atoms with van der Waals surface area (Å²) < 4.78 is 34.8. The van der Waals surface area contributed by atoms with Crippen molar-refractivity contribution in [3.63, 3.8) is 0 Å². The molecule has 21 heavy (non-hydrogen) atoms. The average Bonchev–Trinajstić information content (AvgIpc) is 2.74. The Hall–Kier alpha value is -2.37. The van der Waals surface area contributed by atoms with E-state index in [-0.39, 0.29) is 11.5 Å². The van der Waals surface area contributed by atoms with Crippen molar-refractivity contribution in [3.05, 3.63) is 36.0 Å². The number of halogens is 2. The van der Waals surface area contributed by atoms with Crippen LogP contribution in [0.25, 0.3) is 11.1 Å². The van der Waals surface area contributed by atoms with Gasteiger partial charge < -0.3 is 15.2 Å². The van der Waals surface area contributed by atoms with E-state index in [1.54, 1.807) is 25.3 Å². The van der Waals surface area contributed by atoms with Crippen LogP contribution in [-0.2, 0) is 0 Å². The Morgan fingerprint density at radius 2 is 1.71 bits per heavy atom. The number of benzene rings is 1. The van der Waals surface area contributed by atoms with Crippen molar-refractivity contribution in [2.75, 3.05) is 5.73 Å². The number of rotatable bonds is 1. The number of pyridine rings is 1. The molecule has 0 atom stereocenters. The maximum Gasteiger partial charge on any atom is 0.586 e. The lowest BCUT2D eigenvalue weighted by atomic mass is 10.0. The summed E-state index contributed by atoms with van der Waals surface area (Å²) in [6.45, 7) is 5.80. The van der Waals surface area contributed by atoms with Crippen molar-refractivity contribution in [1.82, 2.24) is 4.98 Å². The Bertz CT molecular complexity index is 643. The summed E-state index contributed by atoms with van der Waals surface area (Å²) in [4.78, 5) is 3.98. The molecule has 3 rings (SSSR count). The summed E-state index contributed by atoms with van der Waals surface area (Å²) >= 11 is 0. The molecule has 112 valence electrons. The van der Waals surface area contributed by atoms with Gasteiger partial charge in [0, 0.05) is 11.8 Å². The van der Waals surface area contributed by atoms with Gasteiger partial charge in [0.2, 0.25) is 0 Å². The van der Waals surface area contributed by atoms with Gasteiger partial charge in [-0.25, -0.2) is 4.98 Å². The number of ether oxygens (including phenoxy) is 2.